The van der Waals surface area contributed by atoms with Crippen molar-refractivity contribution in [3.63, 3.8) is 0 Å². The van der Waals surface area contributed by atoms with E-state index in [-0.39, 0.29) is 12.1 Å². The molecule has 1 aliphatic heterocycles. The van der Waals surface area contributed by atoms with Crippen molar-refractivity contribution in [2.45, 2.75) is 12.6 Å². The van der Waals surface area contributed by atoms with Gasteiger partial charge in [-0.25, -0.2) is 14.0 Å². The molecule has 0 aliphatic carbocycles. The number of urea groups is 1. The van der Waals surface area contributed by atoms with Crippen LogP contribution in [0.2, 0.25) is 0 Å². The molecule has 122 valence electrons. The van der Waals surface area contributed by atoms with E-state index in [1.54, 1.807) is 18.2 Å². The van der Waals surface area contributed by atoms with Crippen LogP contribution in [0.1, 0.15) is 27.5 Å². The standard InChI is InChI=1S/C17H13FN2O4/c18-12-7-5-10(6-8-12)14-15(21)20(17(24)19-14)9-11-3-1-2-4-13(11)16(22)23/h1-8,14H,9H2,(H,19,24)(H,22,23). The number of carboxylic acid groups (broad SMARTS) is 1. The van der Waals surface area contributed by atoms with E-state index >= 15 is 0 Å². The van der Waals surface area contributed by atoms with Crippen molar-refractivity contribution in [3.05, 3.63) is 71.0 Å². The first-order valence-corrected chi connectivity index (χ1v) is 7.16. The van der Waals surface area contributed by atoms with E-state index < -0.39 is 29.8 Å². The van der Waals surface area contributed by atoms with Crippen molar-refractivity contribution in [2.24, 2.45) is 0 Å². The van der Waals surface area contributed by atoms with Crippen LogP contribution < -0.4 is 5.32 Å². The number of carbonyl (C=O) groups excluding carboxylic acids is 2. The van der Waals surface area contributed by atoms with Crippen LogP contribution in [0.15, 0.2) is 48.5 Å². The summed E-state index contributed by atoms with van der Waals surface area (Å²) in [5.74, 6) is -2.08. The van der Waals surface area contributed by atoms with Gasteiger partial charge in [-0.05, 0) is 29.3 Å². The van der Waals surface area contributed by atoms with Crippen LogP contribution in [-0.2, 0) is 11.3 Å². The van der Waals surface area contributed by atoms with Crippen molar-refractivity contribution in [1.29, 1.82) is 0 Å². The zero-order chi connectivity index (χ0) is 17.3. The molecule has 0 radical (unpaired) electrons. The van der Waals surface area contributed by atoms with E-state index in [1.807, 2.05) is 0 Å². The predicted octanol–water partition coefficient (Wildman–Crippen LogP) is 2.32. The molecule has 0 aromatic heterocycles. The number of amides is 3. The summed E-state index contributed by atoms with van der Waals surface area (Å²) in [7, 11) is 0. The molecule has 24 heavy (non-hydrogen) atoms. The summed E-state index contributed by atoms with van der Waals surface area (Å²) in [6.07, 6.45) is 0. The molecule has 1 fully saturated rings. The lowest BCUT2D eigenvalue weighted by Gasteiger charge is -2.14. The van der Waals surface area contributed by atoms with Gasteiger partial charge in [0, 0.05) is 0 Å². The van der Waals surface area contributed by atoms with Crippen molar-refractivity contribution < 1.29 is 23.9 Å². The highest BCUT2D eigenvalue weighted by Crippen LogP contribution is 2.24. The predicted molar refractivity (Wildman–Crippen MR) is 81.6 cm³/mol. The molecule has 1 unspecified atom stereocenters. The monoisotopic (exact) mass is 328 g/mol. The number of imide groups is 1. The van der Waals surface area contributed by atoms with E-state index in [2.05, 4.69) is 5.32 Å². The van der Waals surface area contributed by atoms with E-state index in [1.165, 1.54) is 30.3 Å². The summed E-state index contributed by atoms with van der Waals surface area (Å²) in [4.78, 5) is 36.8. The van der Waals surface area contributed by atoms with Crippen LogP contribution in [0, 0.1) is 5.82 Å². The van der Waals surface area contributed by atoms with Gasteiger partial charge in [0.25, 0.3) is 5.91 Å². The topological polar surface area (TPSA) is 86.7 Å². The van der Waals surface area contributed by atoms with Crippen molar-refractivity contribution in [3.8, 4) is 0 Å². The second-order valence-corrected chi connectivity index (χ2v) is 5.32. The lowest BCUT2D eigenvalue weighted by atomic mass is 10.1. The van der Waals surface area contributed by atoms with Crippen molar-refractivity contribution >= 4 is 17.9 Å². The third-order valence-corrected chi connectivity index (χ3v) is 3.81. The Bertz CT molecular complexity index is 820. The maximum absolute atomic E-state index is 13.0. The minimum absolute atomic E-state index is 0.0309. The maximum Gasteiger partial charge on any atom is 0.336 e. The lowest BCUT2D eigenvalue weighted by molar-refractivity contribution is -0.128. The third-order valence-electron chi connectivity index (χ3n) is 3.81. The molecule has 1 saturated heterocycles. The molecule has 0 spiro atoms. The number of hydrogen-bond donors (Lipinski definition) is 2. The number of rotatable bonds is 4. The van der Waals surface area contributed by atoms with Gasteiger partial charge < -0.3 is 10.4 Å². The zero-order valence-electron chi connectivity index (χ0n) is 12.4. The summed E-state index contributed by atoms with van der Waals surface area (Å²) < 4.78 is 13.0. The molecular weight excluding hydrogens is 315 g/mol. The Morgan fingerprint density at radius 3 is 2.46 bits per heavy atom. The first-order chi connectivity index (χ1) is 11.5. The number of nitrogens with zero attached hydrogens (tertiary/aromatic N) is 1. The van der Waals surface area contributed by atoms with E-state index in [0.29, 0.717) is 11.1 Å². The molecule has 1 heterocycles. The average molecular weight is 328 g/mol. The number of carboxylic acids is 1. The van der Waals surface area contributed by atoms with Crippen LogP contribution >= 0.6 is 0 Å². The number of carbonyl (C=O) groups is 3. The van der Waals surface area contributed by atoms with E-state index in [9.17, 15) is 23.9 Å². The minimum atomic E-state index is -1.13. The molecule has 0 bridgehead atoms. The SMILES string of the molecule is O=C(O)c1ccccc1CN1C(=O)NC(c2ccc(F)cc2)C1=O. The van der Waals surface area contributed by atoms with Gasteiger partial charge in [0.2, 0.25) is 0 Å². The smallest absolute Gasteiger partial charge is 0.336 e. The quantitative estimate of drug-likeness (QED) is 0.843. The van der Waals surface area contributed by atoms with Crippen molar-refractivity contribution in [1.82, 2.24) is 10.2 Å². The van der Waals surface area contributed by atoms with E-state index in [4.69, 9.17) is 0 Å². The minimum Gasteiger partial charge on any atom is -0.478 e. The van der Waals surface area contributed by atoms with Gasteiger partial charge in [-0.15, -0.1) is 0 Å². The van der Waals surface area contributed by atoms with Crippen LogP contribution in [0.25, 0.3) is 0 Å². The summed E-state index contributed by atoms with van der Waals surface area (Å²) >= 11 is 0. The number of halogens is 1. The largest absolute Gasteiger partial charge is 0.478 e. The van der Waals surface area contributed by atoms with Gasteiger partial charge in [-0.1, -0.05) is 30.3 Å². The molecule has 7 heteroatoms. The Hall–Kier alpha value is -3.22. The number of nitrogens with one attached hydrogen (secondary N) is 1. The van der Waals surface area contributed by atoms with Crippen LogP contribution in [0.5, 0.6) is 0 Å². The second-order valence-electron chi connectivity index (χ2n) is 5.32. The average Bonchev–Trinajstić information content (AvgIpc) is 2.84. The normalized spacial score (nSPS) is 17.0. The van der Waals surface area contributed by atoms with Gasteiger partial charge >= 0.3 is 12.0 Å². The van der Waals surface area contributed by atoms with Crippen molar-refractivity contribution in [2.75, 3.05) is 0 Å². The van der Waals surface area contributed by atoms with Gasteiger partial charge in [0.15, 0.2) is 0 Å². The molecule has 2 aromatic carbocycles. The zero-order valence-corrected chi connectivity index (χ0v) is 12.4. The molecule has 1 atom stereocenters. The number of aromatic carboxylic acids is 1. The Morgan fingerprint density at radius 1 is 1.12 bits per heavy atom. The highest BCUT2D eigenvalue weighted by atomic mass is 19.1. The summed E-state index contributed by atoms with van der Waals surface area (Å²) in [5, 5.41) is 11.7. The summed E-state index contributed by atoms with van der Waals surface area (Å²) in [5.41, 5.74) is 0.848. The van der Waals surface area contributed by atoms with Crippen LogP contribution in [0.3, 0.4) is 0 Å². The van der Waals surface area contributed by atoms with Gasteiger partial charge in [-0.3, -0.25) is 9.69 Å². The summed E-state index contributed by atoms with van der Waals surface area (Å²) in [6.45, 7) is -0.148. The molecule has 0 saturated carbocycles. The van der Waals surface area contributed by atoms with Gasteiger partial charge in [-0.2, -0.15) is 0 Å². The molecular formula is C17H13FN2O4. The first-order valence-electron chi connectivity index (χ1n) is 7.16. The van der Waals surface area contributed by atoms with Crippen LogP contribution in [0.4, 0.5) is 9.18 Å². The fourth-order valence-electron chi connectivity index (χ4n) is 2.59. The molecule has 2 N–H and O–H groups in total. The first kappa shape index (κ1) is 15.7. The molecule has 3 rings (SSSR count). The molecule has 6 nitrogen and oxygen atoms in total. The fraction of sp³-hybridized carbons (Fsp3) is 0.118. The number of benzene rings is 2. The Balaban J connectivity index is 1.85. The van der Waals surface area contributed by atoms with Gasteiger partial charge in [0.05, 0.1) is 12.1 Å². The maximum atomic E-state index is 13.0. The van der Waals surface area contributed by atoms with Crippen LogP contribution in [-0.4, -0.2) is 27.9 Å². The molecule has 2 aromatic rings. The Kier molecular flexibility index (Phi) is 3.99. The molecule has 3 amide bonds. The fourth-order valence-corrected chi connectivity index (χ4v) is 2.59. The molecule has 1 aliphatic rings. The second kappa shape index (κ2) is 6.11. The third kappa shape index (κ3) is 2.83. The highest BCUT2D eigenvalue weighted by Gasteiger charge is 2.39. The lowest BCUT2D eigenvalue weighted by Crippen LogP contribution is -2.31. The van der Waals surface area contributed by atoms with Gasteiger partial charge in [0.1, 0.15) is 11.9 Å². The Morgan fingerprint density at radius 2 is 1.79 bits per heavy atom. The summed E-state index contributed by atoms with van der Waals surface area (Å²) in [6, 6.07) is 9.90. The highest BCUT2D eigenvalue weighted by molar-refractivity contribution is 6.04. The number of hydrogen-bond acceptors (Lipinski definition) is 3. The van der Waals surface area contributed by atoms with E-state index in [0.717, 1.165) is 4.90 Å². The Labute approximate surface area is 136 Å².